The smallest absolute Gasteiger partial charge is 0.134 e. The Morgan fingerprint density at radius 2 is 1.45 bits per heavy atom. The van der Waals surface area contributed by atoms with E-state index >= 15 is 0 Å². The predicted octanol–water partition coefficient (Wildman–Crippen LogP) is 2.36. The molecule has 1 aromatic rings. The number of nitrogens with zero attached hydrogens (tertiary/aromatic N) is 4. The van der Waals surface area contributed by atoms with Crippen LogP contribution in [0.4, 0.5) is 11.6 Å². The van der Waals surface area contributed by atoms with Crippen LogP contribution < -0.4 is 9.80 Å². The van der Waals surface area contributed by atoms with Crippen molar-refractivity contribution in [1.82, 2.24) is 9.97 Å². The van der Waals surface area contributed by atoms with E-state index in [1.165, 1.54) is 11.5 Å². The number of rotatable bonds is 2. The van der Waals surface area contributed by atoms with Gasteiger partial charge in [0.15, 0.2) is 0 Å². The van der Waals surface area contributed by atoms with Crippen LogP contribution in [0.25, 0.3) is 0 Å². The molecule has 2 fully saturated rings. The summed E-state index contributed by atoms with van der Waals surface area (Å²) in [4.78, 5) is 13.8. The van der Waals surface area contributed by atoms with Crippen molar-refractivity contribution in [3.8, 4) is 0 Å². The third kappa shape index (κ3) is 3.34. The minimum Gasteiger partial charge on any atom is -0.355 e. The van der Waals surface area contributed by atoms with Gasteiger partial charge in [0.2, 0.25) is 0 Å². The molecule has 2 saturated heterocycles. The van der Waals surface area contributed by atoms with Gasteiger partial charge >= 0.3 is 0 Å². The monoisotopic (exact) mass is 310 g/mol. The lowest BCUT2D eigenvalue weighted by Crippen LogP contribution is -2.39. The summed E-state index contributed by atoms with van der Waals surface area (Å²) in [5, 5.41) is 1.38. The maximum Gasteiger partial charge on any atom is 0.134 e. The highest BCUT2D eigenvalue weighted by Gasteiger charge is 2.21. The van der Waals surface area contributed by atoms with Crippen LogP contribution in [0.3, 0.4) is 0 Å². The van der Waals surface area contributed by atoms with Gasteiger partial charge < -0.3 is 9.80 Å². The summed E-state index contributed by atoms with van der Waals surface area (Å²) in [6.07, 6.45) is 1.73. The quantitative estimate of drug-likeness (QED) is 0.834. The Balaban J connectivity index is 1.75. The van der Waals surface area contributed by atoms with Crippen molar-refractivity contribution in [2.24, 2.45) is 0 Å². The number of hydrogen-bond donors (Lipinski definition) is 0. The van der Waals surface area contributed by atoms with E-state index in [2.05, 4.69) is 63.2 Å². The molecule has 3 rings (SSSR count). The lowest BCUT2D eigenvalue weighted by atomic mass is 10.3. The molecule has 0 unspecified atom stereocenters. The first-order valence-electron chi connectivity index (χ1n) is 7.27. The summed E-state index contributed by atoms with van der Waals surface area (Å²) >= 11 is 4.10. The van der Waals surface area contributed by atoms with E-state index in [-0.39, 0.29) is 0 Å². The lowest BCUT2D eigenvalue weighted by Gasteiger charge is -2.34. The van der Waals surface area contributed by atoms with Gasteiger partial charge in [0.1, 0.15) is 18.0 Å². The second kappa shape index (κ2) is 6.43. The molecule has 0 N–H and O–H groups in total. The molecule has 0 spiro atoms. The van der Waals surface area contributed by atoms with E-state index in [4.69, 9.17) is 0 Å². The average molecular weight is 310 g/mol. The maximum absolute atomic E-state index is 4.49. The van der Waals surface area contributed by atoms with Crippen molar-refractivity contribution >= 4 is 35.2 Å². The molecule has 110 valence electrons. The van der Waals surface area contributed by atoms with Gasteiger partial charge in [-0.2, -0.15) is 23.5 Å². The fraction of sp³-hybridized carbons (Fsp3) is 0.714. The zero-order chi connectivity index (χ0) is 13.9. The molecular weight excluding hydrogens is 288 g/mol. The van der Waals surface area contributed by atoms with E-state index in [1.807, 2.05) is 0 Å². The van der Waals surface area contributed by atoms with Crippen molar-refractivity contribution in [3.05, 3.63) is 12.4 Å². The first-order chi connectivity index (χ1) is 9.72. The average Bonchev–Trinajstić information content (AvgIpc) is 2.47. The standard InChI is InChI=1S/C14H22N4S2/c1-11-8-17(3-5-19-11)13-7-14(16-10-15-13)18-4-6-20-12(2)9-18/h7,10-12H,3-6,8-9H2,1-2H3/t11-,12-/m0/s1. The molecule has 2 aliphatic rings. The molecule has 3 heterocycles. The van der Waals surface area contributed by atoms with Crippen LogP contribution in [0.5, 0.6) is 0 Å². The predicted molar refractivity (Wildman–Crippen MR) is 90.3 cm³/mol. The Hall–Kier alpha value is -0.620. The summed E-state index contributed by atoms with van der Waals surface area (Å²) in [7, 11) is 0. The molecule has 0 aliphatic carbocycles. The molecule has 0 saturated carbocycles. The van der Waals surface area contributed by atoms with Crippen LogP contribution in [0, 0.1) is 0 Å². The minimum atomic E-state index is 0.688. The topological polar surface area (TPSA) is 32.3 Å². The third-order valence-corrected chi connectivity index (χ3v) is 6.04. The summed E-state index contributed by atoms with van der Waals surface area (Å²) in [6, 6.07) is 2.17. The Morgan fingerprint density at radius 3 is 1.90 bits per heavy atom. The van der Waals surface area contributed by atoms with E-state index in [0.29, 0.717) is 10.5 Å². The number of anilines is 2. The van der Waals surface area contributed by atoms with E-state index in [1.54, 1.807) is 6.33 Å². The number of aromatic nitrogens is 2. The summed E-state index contributed by atoms with van der Waals surface area (Å²) in [5.41, 5.74) is 0. The number of hydrogen-bond acceptors (Lipinski definition) is 6. The van der Waals surface area contributed by atoms with Gasteiger partial charge in [0, 0.05) is 54.3 Å². The van der Waals surface area contributed by atoms with Gasteiger partial charge in [0.25, 0.3) is 0 Å². The Kier molecular flexibility index (Phi) is 4.61. The highest BCUT2D eigenvalue weighted by Crippen LogP contribution is 2.26. The summed E-state index contributed by atoms with van der Waals surface area (Å²) in [6.45, 7) is 8.96. The highest BCUT2D eigenvalue weighted by atomic mass is 32.2. The van der Waals surface area contributed by atoms with Gasteiger partial charge in [-0.25, -0.2) is 9.97 Å². The van der Waals surface area contributed by atoms with Gasteiger partial charge in [-0.3, -0.25) is 0 Å². The van der Waals surface area contributed by atoms with Crippen molar-refractivity contribution < 1.29 is 0 Å². The van der Waals surface area contributed by atoms with Gasteiger partial charge in [-0.05, 0) is 0 Å². The number of thioether (sulfide) groups is 2. The maximum atomic E-state index is 4.49. The molecular formula is C14H22N4S2. The zero-order valence-electron chi connectivity index (χ0n) is 12.2. The second-order valence-electron chi connectivity index (χ2n) is 5.49. The van der Waals surface area contributed by atoms with Crippen molar-refractivity contribution in [1.29, 1.82) is 0 Å². The van der Waals surface area contributed by atoms with Crippen LogP contribution in [-0.2, 0) is 0 Å². The Labute approximate surface area is 129 Å². The first-order valence-corrected chi connectivity index (χ1v) is 9.37. The lowest BCUT2D eigenvalue weighted by molar-refractivity contribution is 0.752. The fourth-order valence-electron chi connectivity index (χ4n) is 2.74. The molecule has 6 heteroatoms. The van der Waals surface area contributed by atoms with Crippen LogP contribution in [0.15, 0.2) is 12.4 Å². The first kappa shape index (κ1) is 14.3. The minimum absolute atomic E-state index is 0.688. The Morgan fingerprint density at radius 1 is 0.950 bits per heavy atom. The van der Waals surface area contributed by atoms with E-state index < -0.39 is 0 Å². The fourth-order valence-corrected chi connectivity index (χ4v) is 4.76. The molecule has 1 aromatic heterocycles. The Bertz CT molecular complexity index is 419. The molecule has 2 aliphatic heterocycles. The second-order valence-corrected chi connectivity index (χ2v) is 8.58. The van der Waals surface area contributed by atoms with Crippen molar-refractivity contribution in [3.63, 3.8) is 0 Å². The van der Waals surface area contributed by atoms with Crippen molar-refractivity contribution in [2.45, 2.75) is 24.3 Å². The summed E-state index contributed by atoms with van der Waals surface area (Å²) < 4.78 is 0. The van der Waals surface area contributed by atoms with Crippen LogP contribution in [-0.4, -0.2) is 58.2 Å². The van der Waals surface area contributed by atoms with Gasteiger partial charge in [0.05, 0.1) is 0 Å². The molecule has 2 atom stereocenters. The molecule has 0 aromatic carbocycles. The van der Waals surface area contributed by atoms with E-state index in [9.17, 15) is 0 Å². The largest absolute Gasteiger partial charge is 0.355 e. The molecule has 4 nitrogen and oxygen atoms in total. The molecule has 0 radical (unpaired) electrons. The zero-order valence-corrected chi connectivity index (χ0v) is 13.8. The molecule has 20 heavy (non-hydrogen) atoms. The SMILES string of the molecule is C[C@H]1CN(c2cc(N3CCS[C@@H](C)C3)ncn2)CCS1. The molecule has 0 amide bonds. The highest BCUT2D eigenvalue weighted by molar-refractivity contribution is 8.00. The third-order valence-electron chi connectivity index (χ3n) is 3.77. The van der Waals surface area contributed by atoms with Crippen LogP contribution >= 0.6 is 23.5 Å². The van der Waals surface area contributed by atoms with Crippen LogP contribution in [0.1, 0.15) is 13.8 Å². The van der Waals surface area contributed by atoms with Gasteiger partial charge in [-0.15, -0.1) is 0 Å². The van der Waals surface area contributed by atoms with Crippen LogP contribution in [0.2, 0.25) is 0 Å². The van der Waals surface area contributed by atoms with Crippen molar-refractivity contribution in [2.75, 3.05) is 47.5 Å². The van der Waals surface area contributed by atoms with E-state index in [0.717, 1.165) is 37.8 Å². The summed E-state index contributed by atoms with van der Waals surface area (Å²) in [5.74, 6) is 4.57. The normalized spacial score (nSPS) is 27.7. The molecule has 0 bridgehead atoms. The van der Waals surface area contributed by atoms with Gasteiger partial charge in [-0.1, -0.05) is 13.8 Å².